The molecule has 0 fully saturated rings. The Labute approximate surface area is 171 Å². The van der Waals surface area contributed by atoms with Gasteiger partial charge in [0.1, 0.15) is 9.71 Å². The Morgan fingerprint density at radius 2 is 1.69 bits per heavy atom. The van der Waals surface area contributed by atoms with Crippen molar-refractivity contribution in [3.63, 3.8) is 0 Å². The van der Waals surface area contributed by atoms with Gasteiger partial charge in [0.15, 0.2) is 6.23 Å². The molecule has 0 aliphatic rings. The molecule has 0 saturated carbocycles. The fraction of sp³-hybridized carbons (Fsp3) is 0.0909. The fourth-order valence-corrected chi connectivity index (χ4v) is 4.50. The summed E-state index contributed by atoms with van der Waals surface area (Å²) in [7, 11) is 1.56. The third-order valence-corrected chi connectivity index (χ3v) is 5.81. The maximum absolute atomic E-state index is 12.7. The third kappa shape index (κ3) is 3.53. The van der Waals surface area contributed by atoms with Crippen molar-refractivity contribution >= 4 is 33.1 Å². The van der Waals surface area contributed by atoms with E-state index in [4.69, 9.17) is 10.5 Å². The van der Waals surface area contributed by atoms with Crippen LogP contribution in [-0.2, 0) is 4.74 Å². The number of nitrogens with two attached hydrogens (primary N) is 1. The highest BCUT2D eigenvalue weighted by atomic mass is 32.1. The minimum Gasteiger partial charge on any atom is -0.365 e. The summed E-state index contributed by atoms with van der Waals surface area (Å²) in [6.07, 6.45) is -0.615. The second-order valence-electron chi connectivity index (χ2n) is 6.40. The first-order valence-electron chi connectivity index (χ1n) is 8.98. The molecule has 7 heteroatoms. The SMILES string of the molecule is COC(Nc1ccccc1)c1c(C(N)=O)sc2c1ccc(=O)n2-c1ccccc1. The van der Waals surface area contributed by atoms with Gasteiger partial charge in [-0.2, -0.15) is 0 Å². The highest BCUT2D eigenvalue weighted by Crippen LogP contribution is 2.37. The van der Waals surface area contributed by atoms with Crippen molar-refractivity contribution in [3.05, 3.63) is 93.6 Å². The molecule has 1 atom stereocenters. The molecule has 4 aromatic rings. The first-order valence-corrected chi connectivity index (χ1v) is 9.80. The van der Waals surface area contributed by atoms with Crippen LogP contribution >= 0.6 is 11.3 Å². The van der Waals surface area contributed by atoms with Gasteiger partial charge in [-0.3, -0.25) is 14.2 Å². The normalized spacial score (nSPS) is 12.0. The van der Waals surface area contributed by atoms with Crippen LogP contribution in [-0.4, -0.2) is 17.6 Å². The van der Waals surface area contributed by atoms with Gasteiger partial charge >= 0.3 is 0 Å². The lowest BCUT2D eigenvalue weighted by Gasteiger charge is -2.19. The number of hydrogen-bond donors (Lipinski definition) is 2. The quantitative estimate of drug-likeness (QED) is 0.476. The third-order valence-electron chi connectivity index (χ3n) is 4.59. The van der Waals surface area contributed by atoms with Gasteiger partial charge in [-0.25, -0.2) is 0 Å². The summed E-state index contributed by atoms with van der Waals surface area (Å²) in [5, 5.41) is 4.02. The molecular formula is C22H19N3O3S. The van der Waals surface area contributed by atoms with Gasteiger partial charge in [0, 0.05) is 29.8 Å². The van der Waals surface area contributed by atoms with Crippen molar-refractivity contribution < 1.29 is 9.53 Å². The van der Waals surface area contributed by atoms with Crippen LogP contribution in [0.4, 0.5) is 5.69 Å². The molecule has 2 aromatic carbocycles. The van der Waals surface area contributed by atoms with E-state index < -0.39 is 12.1 Å². The first-order chi connectivity index (χ1) is 14.1. The van der Waals surface area contributed by atoms with E-state index in [9.17, 15) is 9.59 Å². The van der Waals surface area contributed by atoms with Crippen molar-refractivity contribution in [3.8, 4) is 5.69 Å². The lowest BCUT2D eigenvalue weighted by molar-refractivity contribution is 0.0989. The predicted octanol–water partition coefficient (Wildman–Crippen LogP) is 3.91. The zero-order chi connectivity index (χ0) is 20.4. The van der Waals surface area contributed by atoms with Crippen LogP contribution in [0.2, 0.25) is 0 Å². The molecule has 2 heterocycles. The number of amides is 1. The summed E-state index contributed by atoms with van der Waals surface area (Å²) < 4.78 is 7.26. The lowest BCUT2D eigenvalue weighted by atomic mass is 10.1. The average Bonchev–Trinajstić information content (AvgIpc) is 3.13. The molecule has 1 unspecified atom stereocenters. The van der Waals surface area contributed by atoms with E-state index in [1.165, 1.54) is 17.4 Å². The topological polar surface area (TPSA) is 86.3 Å². The summed E-state index contributed by atoms with van der Waals surface area (Å²) in [5.74, 6) is -0.565. The Kier molecular flexibility index (Phi) is 5.16. The molecule has 0 aliphatic carbocycles. The number of fused-ring (bicyclic) bond motifs is 1. The highest BCUT2D eigenvalue weighted by Gasteiger charge is 2.26. The van der Waals surface area contributed by atoms with Crippen molar-refractivity contribution in [2.24, 2.45) is 5.73 Å². The van der Waals surface area contributed by atoms with Crippen molar-refractivity contribution in [2.75, 3.05) is 12.4 Å². The number of methoxy groups -OCH3 is 1. The Bertz CT molecular complexity index is 1220. The molecule has 29 heavy (non-hydrogen) atoms. The zero-order valence-electron chi connectivity index (χ0n) is 15.7. The number of carbonyl (C=O) groups is 1. The van der Waals surface area contributed by atoms with Crippen molar-refractivity contribution in [1.82, 2.24) is 4.57 Å². The Morgan fingerprint density at radius 1 is 1.03 bits per heavy atom. The number of para-hydroxylation sites is 2. The lowest BCUT2D eigenvalue weighted by Crippen LogP contribution is -2.19. The number of carbonyl (C=O) groups excluding carboxylic acids is 1. The maximum atomic E-state index is 12.7. The predicted molar refractivity (Wildman–Crippen MR) is 116 cm³/mol. The number of aromatic nitrogens is 1. The molecule has 6 nitrogen and oxygen atoms in total. The number of hydrogen-bond acceptors (Lipinski definition) is 5. The number of ether oxygens (including phenoxy) is 1. The van der Waals surface area contributed by atoms with Gasteiger partial charge in [0.2, 0.25) is 0 Å². The molecule has 4 rings (SSSR count). The van der Waals surface area contributed by atoms with Gasteiger partial charge in [-0.05, 0) is 30.3 Å². The zero-order valence-corrected chi connectivity index (χ0v) is 16.5. The van der Waals surface area contributed by atoms with E-state index in [1.807, 2.05) is 60.7 Å². The summed E-state index contributed by atoms with van der Waals surface area (Å²) in [5.41, 5.74) is 7.69. The second-order valence-corrected chi connectivity index (χ2v) is 7.40. The van der Waals surface area contributed by atoms with E-state index in [2.05, 4.69) is 5.32 Å². The second kappa shape index (κ2) is 7.90. The molecule has 0 spiro atoms. The van der Waals surface area contributed by atoms with Gasteiger partial charge < -0.3 is 15.8 Å². The van der Waals surface area contributed by atoms with E-state index in [0.29, 0.717) is 15.3 Å². The summed E-state index contributed by atoms with van der Waals surface area (Å²) in [6.45, 7) is 0. The standard InChI is InChI=1S/C22H19N3O3S/c1-28-21(24-14-8-4-2-5-9-14)18-16-12-13-17(26)25(15-10-6-3-7-11-15)22(16)29-19(18)20(23)27/h2-13,21,24H,1H3,(H2,23,27). The highest BCUT2D eigenvalue weighted by molar-refractivity contribution is 7.20. The Morgan fingerprint density at radius 3 is 2.31 bits per heavy atom. The van der Waals surface area contributed by atoms with Crippen LogP contribution in [0.15, 0.2) is 77.6 Å². The molecular weight excluding hydrogens is 386 g/mol. The van der Waals surface area contributed by atoms with Gasteiger partial charge in [-0.1, -0.05) is 36.4 Å². The number of pyridine rings is 1. The molecule has 0 saturated heterocycles. The first kappa shape index (κ1) is 18.9. The number of rotatable bonds is 6. The van der Waals surface area contributed by atoms with Crippen LogP contribution in [0.3, 0.4) is 0 Å². The van der Waals surface area contributed by atoms with Crippen molar-refractivity contribution in [2.45, 2.75) is 6.23 Å². The summed E-state index contributed by atoms with van der Waals surface area (Å²) in [6, 6.07) is 22.0. The van der Waals surface area contributed by atoms with E-state index in [0.717, 1.165) is 16.8 Å². The number of nitrogens with zero attached hydrogens (tertiary/aromatic N) is 1. The summed E-state index contributed by atoms with van der Waals surface area (Å²) >= 11 is 1.19. The van der Waals surface area contributed by atoms with Crippen LogP contribution < -0.4 is 16.6 Å². The van der Waals surface area contributed by atoms with Gasteiger partial charge in [-0.15, -0.1) is 11.3 Å². The number of benzene rings is 2. The molecule has 146 valence electrons. The average molecular weight is 405 g/mol. The van der Waals surface area contributed by atoms with Crippen LogP contribution in [0.25, 0.3) is 15.9 Å². The molecule has 0 radical (unpaired) electrons. The minimum atomic E-state index is -0.615. The van der Waals surface area contributed by atoms with Crippen LogP contribution in [0.1, 0.15) is 21.5 Å². The molecule has 0 bridgehead atoms. The largest absolute Gasteiger partial charge is 0.365 e. The molecule has 1 amide bonds. The molecule has 0 aliphatic heterocycles. The van der Waals surface area contributed by atoms with Crippen LogP contribution in [0.5, 0.6) is 0 Å². The summed E-state index contributed by atoms with van der Waals surface area (Å²) in [4.78, 5) is 25.9. The minimum absolute atomic E-state index is 0.183. The number of thiophene rings is 1. The number of primary amides is 1. The van der Waals surface area contributed by atoms with Crippen molar-refractivity contribution in [1.29, 1.82) is 0 Å². The molecule has 3 N–H and O–H groups in total. The number of anilines is 1. The fourth-order valence-electron chi connectivity index (χ4n) is 3.30. The number of nitrogens with one attached hydrogen (secondary N) is 1. The van der Waals surface area contributed by atoms with Gasteiger partial charge in [0.25, 0.3) is 11.5 Å². The van der Waals surface area contributed by atoms with E-state index in [-0.39, 0.29) is 5.56 Å². The Balaban J connectivity index is 1.95. The van der Waals surface area contributed by atoms with E-state index in [1.54, 1.807) is 17.7 Å². The maximum Gasteiger partial charge on any atom is 0.259 e. The Hall–Kier alpha value is -3.42. The van der Waals surface area contributed by atoms with Gasteiger partial charge in [0.05, 0.1) is 5.69 Å². The van der Waals surface area contributed by atoms with Crippen LogP contribution in [0, 0.1) is 0 Å². The smallest absolute Gasteiger partial charge is 0.259 e. The van der Waals surface area contributed by atoms with E-state index >= 15 is 0 Å². The molecule has 2 aromatic heterocycles. The monoisotopic (exact) mass is 405 g/mol.